The number of rotatable bonds is 3. The van der Waals surface area contributed by atoms with Crippen LogP contribution in [0.15, 0.2) is 12.1 Å². The average molecular weight is 267 g/mol. The molecule has 1 saturated heterocycles. The van der Waals surface area contributed by atoms with Crippen LogP contribution in [-0.2, 0) is 11.3 Å². The van der Waals surface area contributed by atoms with Crippen LogP contribution in [0.3, 0.4) is 0 Å². The zero-order valence-electron chi connectivity index (χ0n) is 10.4. The van der Waals surface area contributed by atoms with Crippen molar-refractivity contribution in [1.29, 1.82) is 0 Å². The Morgan fingerprint density at radius 2 is 2.21 bits per heavy atom. The molecule has 0 spiro atoms. The van der Waals surface area contributed by atoms with Crippen LogP contribution in [0, 0.1) is 11.7 Å². The number of halogens is 1. The smallest absolute Gasteiger partial charge is 0.338 e. The Labute approximate surface area is 109 Å². The Morgan fingerprint density at radius 1 is 1.53 bits per heavy atom. The summed E-state index contributed by atoms with van der Waals surface area (Å²) in [4.78, 5) is 23.9. The minimum atomic E-state index is -1.44. The highest BCUT2D eigenvalue weighted by atomic mass is 19.1. The molecule has 1 aliphatic rings. The fourth-order valence-electron chi connectivity index (χ4n) is 2.22. The molecule has 1 aromatic rings. The van der Waals surface area contributed by atoms with E-state index >= 15 is 0 Å². The molecule has 1 amide bonds. The lowest BCUT2D eigenvalue weighted by molar-refractivity contribution is -0.128. The SMILES string of the molecule is CC1CC(=O)N(Cc2cc(F)c(C(=O)O)cc2O)C1. The molecule has 6 heteroatoms. The minimum absolute atomic E-state index is 0.0466. The van der Waals surface area contributed by atoms with Crippen LogP contribution >= 0.6 is 0 Å². The number of aromatic hydroxyl groups is 1. The van der Waals surface area contributed by atoms with Crippen molar-refractivity contribution >= 4 is 11.9 Å². The van der Waals surface area contributed by atoms with Crippen LogP contribution in [0.1, 0.15) is 29.3 Å². The van der Waals surface area contributed by atoms with Gasteiger partial charge in [-0.1, -0.05) is 6.92 Å². The lowest BCUT2D eigenvalue weighted by Crippen LogP contribution is -2.24. The Hall–Kier alpha value is -2.11. The van der Waals surface area contributed by atoms with Crippen molar-refractivity contribution in [3.8, 4) is 5.75 Å². The number of hydrogen-bond donors (Lipinski definition) is 2. The maximum atomic E-state index is 13.5. The molecule has 1 aliphatic heterocycles. The Balaban J connectivity index is 2.24. The number of carboxylic acids is 1. The van der Waals surface area contributed by atoms with Crippen LogP contribution in [-0.4, -0.2) is 33.5 Å². The van der Waals surface area contributed by atoms with E-state index in [1.54, 1.807) is 0 Å². The number of benzene rings is 1. The number of phenolic OH excluding ortho intramolecular Hbond substituents is 1. The van der Waals surface area contributed by atoms with E-state index < -0.39 is 17.3 Å². The first-order valence-electron chi connectivity index (χ1n) is 5.91. The molecule has 19 heavy (non-hydrogen) atoms. The molecule has 1 aromatic carbocycles. The summed E-state index contributed by atoms with van der Waals surface area (Å²) in [6.07, 6.45) is 0.441. The summed E-state index contributed by atoms with van der Waals surface area (Å²) in [6, 6.07) is 1.84. The predicted octanol–water partition coefficient (Wildman–Crippen LogP) is 1.60. The van der Waals surface area contributed by atoms with Crippen molar-refractivity contribution < 1.29 is 24.2 Å². The van der Waals surface area contributed by atoms with Crippen molar-refractivity contribution in [3.63, 3.8) is 0 Å². The van der Waals surface area contributed by atoms with Gasteiger partial charge in [0, 0.05) is 25.1 Å². The van der Waals surface area contributed by atoms with Gasteiger partial charge in [-0.05, 0) is 18.1 Å². The van der Waals surface area contributed by atoms with Crippen LogP contribution in [0.2, 0.25) is 0 Å². The molecule has 0 saturated carbocycles. The Kier molecular flexibility index (Phi) is 3.42. The van der Waals surface area contributed by atoms with E-state index in [1.807, 2.05) is 6.92 Å². The second-order valence-electron chi connectivity index (χ2n) is 4.85. The van der Waals surface area contributed by atoms with Gasteiger partial charge >= 0.3 is 5.97 Å². The largest absolute Gasteiger partial charge is 0.508 e. The van der Waals surface area contributed by atoms with E-state index in [1.165, 1.54) is 4.90 Å². The summed E-state index contributed by atoms with van der Waals surface area (Å²) in [7, 11) is 0. The Morgan fingerprint density at radius 3 is 2.74 bits per heavy atom. The van der Waals surface area contributed by atoms with Gasteiger partial charge in [-0.2, -0.15) is 0 Å². The lowest BCUT2D eigenvalue weighted by Gasteiger charge is -2.17. The van der Waals surface area contributed by atoms with Crippen molar-refractivity contribution in [2.45, 2.75) is 19.9 Å². The fourth-order valence-corrected chi connectivity index (χ4v) is 2.22. The van der Waals surface area contributed by atoms with Gasteiger partial charge in [-0.15, -0.1) is 0 Å². The molecule has 2 N–H and O–H groups in total. The van der Waals surface area contributed by atoms with E-state index in [2.05, 4.69) is 0 Å². The van der Waals surface area contributed by atoms with Gasteiger partial charge in [0.2, 0.25) is 5.91 Å². The number of likely N-dealkylation sites (tertiary alicyclic amines) is 1. The molecule has 0 radical (unpaired) electrons. The molecule has 5 nitrogen and oxygen atoms in total. The fraction of sp³-hybridized carbons (Fsp3) is 0.385. The number of nitrogens with zero attached hydrogens (tertiary/aromatic N) is 1. The van der Waals surface area contributed by atoms with E-state index in [0.717, 1.165) is 12.1 Å². The second-order valence-corrected chi connectivity index (χ2v) is 4.85. The highest BCUT2D eigenvalue weighted by molar-refractivity contribution is 5.88. The maximum absolute atomic E-state index is 13.5. The standard InChI is InChI=1S/C13H14FNO4/c1-7-2-12(17)15(5-7)6-8-3-10(14)9(13(18)19)4-11(8)16/h3-4,7,16H,2,5-6H2,1H3,(H,18,19). The topological polar surface area (TPSA) is 77.8 Å². The normalized spacial score (nSPS) is 18.9. The van der Waals surface area contributed by atoms with Gasteiger partial charge in [0.25, 0.3) is 0 Å². The van der Waals surface area contributed by atoms with Gasteiger partial charge in [0.15, 0.2) is 0 Å². The third-order valence-corrected chi connectivity index (χ3v) is 3.17. The van der Waals surface area contributed by atoms with Crippen molar-refractivity contribution in [1.82, 2.24) is 4.90 Å². The Bertz CT molecular complexity index is 544. The lowest BCUT2D eigenvalue weighted by atomic mass is 10.1. The summed E-state index contributed by atoms with van der Waals surface area (Å²) in [5.74, 6) is -2.48. The van der Waals surface area contributed by atoms with Gasteiger partial charge in [-0.3, -0.25) is 4.79 Å². The molecule has 1 atom stereocenters. The van der Waals surface area contributed by atoms with E-state index in [9.17, 15) is 19.1 Å². The quantitative estimate of drug-likeness (QED) is 0.872. The summed E-state index contributed by atoms with van der Waals surface area (Å²) >= 11 is 0. The molecular formula is C13H14FNO4. The molecule has 0 bridgehead atoms. The molecule has 1 heterocycles. The van der Waals surface area contributed by atoms with Crippen molar-refractivity contribution in [2.75, 3.05) is 6.54 Å². The van der Waals surface area contributed by atoms with E-state index in [4.69, 9.17) is 5.11 Å². The maximum Gasteiger partial charge on any atom is 0.338 e. The summed E-state index contributed by atoms with van der Waals surface area (Å²) < 4.78 is 13.5. The van der Waals surface area contributed by atoms with Crippen LogP contribution in [0.4, 0.5) is 4.39 Å². The highest BCUT2D eigenvalue weighted by Gasteiger charge is 2.27. The first-order valence-corrected chi connectivity index (χ1v) is 5.91. The van der Waals surface area contributed by atoms with Crippen LogP contribution < -0.4 is 0 Å². The van der Waals surface area contributed by atoms with Crippen molar-refractivity contribution in [2.24, 2.45) is 5.92 Å². The first kappa shape index (κ1) is 13.3. The number of carboxylic acid groups (broad SMARTS) is 1. The van der Waals surface area contributed by atoms with Crippen molar-refractivity contribution in [3.05, 3.63) is 29.1 Å². The summed E-state index contributed by atoms with van der Waals surface area (Å²) in [5.41, 5.74) is -0.368. The molecular weight excluding hydrogens is 253 g/mol. The number of amides is 1. The minimum Gasteiger partial charge on any atom is -0.508 e. The van der Waals surface area contributed by atoms with Gasteiger partial charge in [0.05, 0.1) is 5.56 Å². The number of carbonyl (C=O) groups excluding carboxylic acids is 1. The molecule has 102 valence electrons. The number of aromatic carboxylic acids is 1. The van der Waals surface area contributed by atoms with Gasteiger partial charge in [0.1, 0.15) is 11.6 Å². The molecule has 2 rings (SSSR count). The molecule has 1 fully saturated rings. The average Bonchev–Trinajstić information content (AvgIpc) is 2.61. The molecule has 0 aliphatic carbocycles. The first-order chi connectivity index (χ1) is 8.88. The predicted molar refractivity (Wildman–Crippen MR) is 64.2 cm³/mol. The van der Waals surface area contributed by atoms with E-state index in [0.29, 0.717) is 13.0 Å². The third-order valence-electron chi connectivity index (χ3n) is 3.17. The number of phenols is 1. The number of carbonyl (C=O) groups is 2. The van der Waals surface area contributed by atoms with Crippen LogP contribution in [0.5, 0.6) is 5.75 Å². The third kappa shape index (κ3) is 2.67. The number of hydrogen-bond acceptors (Lipinski definition) is 3. The van der Waals surface area contributed by atoms with Gasteiger partial charge in [-0.25, -0.2) is 9.18 Å². The second kappa shape index (κ2) is 4.87. The molecule has 1 unspecified atom stereocenters. The monoisotopic (exact) mass is 267 g/mol. The zero-order chi connectivity index (χ0) is 14.2. The molecule has 0 aromatic heterocycles. The van der Waals surface area contributed by atoms with E-state index in [-0.39, 0.29) is 29.7 Å². The highest BCUT2D eigenvalue weighted by Crippen LogP contribution is 2.26. The van der Waals surface area contributed by atoms with Crippen LogP contribution in [0.25, 0.3) is 0 Å². The summed E-state index contributed by atoms with van der Waals surface area (Å²) in [5, 5.41) is 18.4. The zero-order valence-corrected chi connectivity index (χ0v) is 10.4. The van der Waals surface area contributed by atoms with Gasteiger partial charge < -0.3 is 15.1 Å². The summed E-state index contributed by atoms with van der Waals surface area (Å²) in [6.45, 7) is 2.58.